The molecule has 1 fully saturated rings. The maximum Gasteiger partial charge on any atom is 0.257 e. The van der Waals surface area contributed by atoms with E-state index < -0.39 is 0 Å². The number of thiophene rings is 1. The van der Waals surface area contributed by atoms with Crippen LogP contribution in [0.1, 0.15) is 48.7 Å². The number of Topliss-reactive ketones (excluding diaryl/α,β-unsaturated/α-hetero) is 1. The fourth-order valence-electron chi connectivity index (χ4n) is 2.91. The predicted octanol–water partition coefficient (Wildman–Crippen LogP) is 2.96. The smallest absolute Gasteiger partial charge is 0.257 e. The van der Waals surface area contributed by atoms with Gasteiger partial charge in [0.1, 0.15) is 0 Å². The zero-order valence-corrected chi connectivity index (χ0v) is 15.9. The number of aromatic nitrogens is 2. The topological polar surface area (TPSA) is 85.5 Å². The van der Waals surface area contributed by atoms with Gasteiger partial charge in [-0.05, 0) is 38.8 Å². The number of rotatable bonds is 8. The molecule has 3 rings (SSSR count). The van der Waals surface area contributed by atoms with E-state index >= 15 is 0 Å². The molecule has 1 saturated heterocycles. The minimum absolute atomic E-state index is 0.0116. The quantitative estimate of drug-likeness (QED) is 0.658. The average molecular weight is 377 g/mol. The van der Waals surface area contributed by atoms with Crippen molar-refractivity contribution in [2.24, 2.45) is 0 Å². The molecule has 0 saturated carbocycles. The van der Waals surface area contributed by atoms with Crippen LogP contribution in [0.25, 0.3) is 10.8 Å². The van der Waals surface area contributed by atoms with Crippen molar-refractivity contribution in [3.63, 3.8) is 0 Å². The third-order valence-electron chi connectivity index (χ3n) is 4.37. The highest BCUT2D eigenvalue weighted by atomic mass is 32.1. The highest BCUT2D eigenvalue weighted by Gasteiger charge is 2.22. The van der Waals surface area contributed by atoms with Crippen molar-refractivity contribution in [2.75, 3.05) is 19.7 Å². The van der Waals surface area contributed by atoms with E-state index in [0.717, 1.165) is 24.3 Å². The molecule has 0 unspecified atom stereocenters. The lowest BCUT2D eigenvalue weighted by Gasteiger charge is -2.23. The van der Waals surface area contributed by atoms with E-state index in [1.807, 2.05) is 11.8 Å². The summed E-state index contributed by atoms with van der Waals surface area (Å²) in [6.07, 6.45) is 2.96. The van der Waals surface area contributed by atoms with E-state index in [1.54, 1.807) is 12.1 Å². The first-order chi connectivity index (χ1) is 12.6. The molecule has 0 bridgehead atoms. The molecule has 0 spiro atoms. The molecule has 7 nitrogen and oxygen atoms in total. The van der Waals surface area contributed by atoms with E-state index in [4.69, 9.17) is 9.15 Å². The van der Waals surface area contributed by atoms with Crippen LogP contribution in [-0.4, -0.2) is 52.6 Å². The zero-order valence-electron chi connectivity index (χ0n) is 15.1. The van der Waals surface area contributed by atoms with Gasteiger partial charge in [-0.15, -0.1) is 21.5 Å². The van der Waals surface area contributed by atoms with Gasteiger partial charge in [0.05, 0.1) is 15.9 Å². The molecule has 0 radical (unpaired) electrons. The Morgan fingerprint density at radius 1 is 1.35 bits per heavy atom. The first-order valence-corrected chi connectivity index (χ1v) is 9.71. The van der Waals surface area contributed by atoms with Crippen LogP contribution in [0.5, 0.6) is 0 Å². The van der Waals surface area contributed by atoms with Crippen molar-refractivity contribution in [3.8, 4) is 10.8 Å². The van der Waals surface area contributed by atoms with Crippen LogP contribution in [0.3, 0.4) is 0 Å². The number of likely N-dealkylation sites (N-methyl/N-ethyl adjacent to an activating group) is 1. The highest BCUT2D eigenvalue weighted by molar-refractivity contribution is 7.17. The first kappa shape index (κ1) is 18.7. The van der Waals surface area contributed by atoms with Crippen molar-refractivity contribution in [2.45, 2.75) is 45.6 Å². The Labute approximate surface area is 156 Å². The van der Waals surface area contributed by atoms with Crippen molar-refractivity contribution in [3.05, 3.63) is 22.9 Å². The number of nitrogens with zero attached hydrogens (tertiary/aromatic N) is 3. The van der Waals surface area contributed by atoms with E-state index in [1.165, 1.54) is 18.3 Å². The number of amides is 1. The van der Waals surface area contributed by atoms with Crippen LogP contribution in [0.2, 0.25) is 0 Å². The lowest BCUT2D eigenvalue weighted by atomic mass is 10.2. The Morgan fingerprint density at radius 3 is 2.85 bits per heavy atom. The Morgan fingerprint density at radius 2 is 2.19 bits per heavy atom. The molecule has 26 heavy (non-hydrogen) atoms. The number of carbonyl (C=O) groups is 2. The summed E-state index contributed by atoms with van der Waals surface area (Å²) >= 11 is 1.32. The summed E-state index contributed by atoms with van der Waals surface area (Å²) in [4.78, 5) is 27.1. The van der Waals surface area contributed by atoms with Gasteiger partial charge in [-0.1, -0.05) is 0 Å². The maximum absolute atomic E-state index is 12.4. The summed E-state index contributed by atoms with van der Waals surface area (Å²) in [6, 6.07) is 3.55. The first-order valence-electron chi connectivity index (χ1n) is 8.89. The summed E-state index contributed by atoms with van der Waals surface area (Å²) in [5, 5.41) is 8.04. The van der Waals surface area contributed by atoms with E-state index in [9.17, 15) is 9.59 Å². The second kappa shape index (κ2) is 8.55. The van der Waals surface area contributed by atoms with Crippen LogP contribution in [0.4, 0.5) is 0 Å². The summed E-state index contributed by atoms with van der Waals surface area (Å²) in [6.45, 7) is 5.59. The summed E-state index contributed by atoms with van der Waals surface area (Å²) in [5.41, 5.74) is 0. The van der Waals surface area contributed by atoms with Crippen LogP contribution >= 0.6 is 11.3 Å². The van der Waals surface area contributed by atoms with Crippen LogP contribution in [0, 0.1) is 0 Å². The van der Waals surface area contributed by atoms with Crippen molar-refractivity contribution in [1.29, 1.82) is 0 Å². The molecule has 8 heteroatoms. The summed E-state index contributed by atoms with van der Waals surface area (Å²) < 4.78 is 11.3. The molecule has 1 aliphatic rings. The lowest BCUT2D eigenvalue weighted by molar-refractivity contribution is -0.132. The van der Waals surface area contributed by atoms with Gasteiger partial charge in [-0.25, -0.2) is 0 Å². The Bertz CT molecular complexity index is 764. The lowest BCUT2D eigenvalue weighted by Crippen LogP contribution is -2.37. The number of ketones is 1. The molecule has 0 aliphatic carbocycles. The van der Waals surface area contributed by atoms with Gasteiger partial charge in [0, 0.05) is 32.5 Å². The van der Waals surface area contributed by atoms with Crippen LogP contribution < -0.4 is 0 Å². The van der Waals surface area contributed by atoms with Crippen LogP contribution in [-0.2, 0) is 16.0 Å². The normalized spacial score (nSPS) is 16.8. The largest absolute Gasteiger partial charge is 0.420 e. The standard InChI is InChI=1S/C18H23N3O4S/c1-3-21(11-13-5-4-10-24-13)17(23)9-8-16-19-20-18(25-16)15-7-6-14(26-15)12(2)22/h6-7,13H,3-5,8-11H2,1-2H3/t13-/m0/s1. The molecular formula is C18H23N3O4S. The molecule has 0 aromatic carbocycles. The number of hydrogen-bond acceptors (Lipinski definition) is 7. The van der Waals surface area contributed by atoms with Gasteiger partial charge < -0.3 is 14.1 Å². The fourth-order valence-corrected chi connectivity index (χ4v) is 3.73. The number of hydrogen-bond donors (Lipinski definition) is 0. The average Bonchev–Trinajstić information content (AvgIpc) is 3.38. The van der Waals surface area contributed by atoms with Gasteiger partial charge in [-0.2, -0.15) is 0 Å². The molecular weight excluding hydrogens is 354 g/mol. The number of aryl methyl sites for hydroxylation is 1. The van der Waals surface area contributed by atoms with Crippen LogP contribution in [0.15, 0.2) is 16.5 Å². The fraction of sp³-hybridized carbons (Fsp3) is 0.556. The molecule has 1 aliphatic heterocycles. The minimum atomic E-state index is 0.0116. The van der Waals surface area contributed by atoms with Crippen molar-refractivity contribution in [1.82, 2.24) is 15.1 Å². The Balaban J connectivity index is 1.54. The Kier molecular flexibility index (Phi) is 6.16. The maximum atomic E-state index is 12.4. The molecule has 2 aromatic heterocycles. The highest BCUT2D eigenvalue weighted by Crippen LogP contribution is 2.27. The van der Waals surface area contributed by atoms with E-state index in [0.29, 0.717) is 42.6 Å². The second-order valence-electron chi connectivity index (χ2n) is 6.29. The van der Waals surface area contributed by atoms with Gasteiger partial charge in [0.25, 0.3) is 5.89 Å². The van der Waals surface area contributed by atoms with Crippen molar-refractivity contribution >= 4 is 23.0 Å². The van der Waals surface area contributed by atoms with Crippen molar-refractivity contribution < 1.29 is 18.7 Å². The third-order valence-corrected chi connectivity index (χ3v) is 5.54. The zero-order chi connectivity index (χ0) is 18.5. The molecule has 3 heterocycles. The molecule has 2 aromatic rings. The van der Waals surface area contributed by atoms with E-state index in [-0.39, 0.29) is 17.8 Å². The van der Waals surface area contributed by atoms with Gasteiger partial charge in [0.15, 0.2) is 5.78 Å². The van der Waals surface area contributed by atoms with E-state index in [2.05, 4.69) is 10.2 Å². The molecule has 1 atom stereocenters. The summed E-state index contributed by atoms with van der Waals surface area (Å²) in [7, 11) is 0. The van der Waals surface area contributed by atoms with Gasteiger partial charge >= 0.3 is 0 Å². The number of ether oxygens (including phenoxy) is 1. The molecule has 140 valence electrons. The predicted molar refractivity (Wildman–Crippen MR) is 97.2 cm³/mol. The molecule has 0 N–H and O–H groups in total. The van der Waals surface area contributed by atoms with Gasteiger partial charge in [0.2, 0.25) is 11.8 Å². The monoisotopic (exact) mass is 377 g/mol. The SMILES string of the molecule is CCN(C[C@@H]1CCCO1)C(=O)CCc1nnc(-c2ccc(C(C)=O)s2)o1. The Hall–Kier alpha value is -2.06. The minimum Gasteiger partial charge on any atom is -0.420 e. The molecule has 1 amide bonds. The summed E-state index contributed by atoms with van der Waals surface area (Å²) in [5.74, 6) is 0.895. The number of carbonyl (C=O) groups excluding carboxylic acids is 2. The van der Waals surface area contributed by atoms with Gasteiger partial charge in [-0.3, -0.25) is 9.59 Å². The third kappa shape index (κ3) is 4.56. The second-order valence-corrected chi connectivity index (χ2v) is 7.37.